The maximum Gasteiger partial charge on any atom is 0.338 e. The van der Waals surface area contributed by atoms with E-state index < -0.39 is 11.9 Å². The molecule has 21 heavy (non-hydrogen) atoms. The lowest BCUT2D eigenvalue weighted by atomic mass is 10.0. The second-order valence-electron chi connectivity index (χ2n) is 5.21. The van der Waals surface area contributed by atoms with E-state index in [-0.39, 0.29) is 12.2 Å². The highest BCUT2D eigenvalue weighted by Gasteiger charge is 2.16. The second kappa shape index (κ2) is 7.62. The maximum absolute atomic E-state index is 12.0. The van der Waals surface area contributed by atoms with Crippen molar-refractivity contribution in [1.82, 2.24) is 0 Å². The van der Waals surface area contributed by atoms with Crippen LogP contribution in [0.2, 0.25) is 0 Å². The molecule has 4 heteroatoms. The number of hydrogen-bond donors (Lipinski definition) is 0. The molecule has 0 saturated carbocycles. The maximum atomic E-state index is 12.0. The van der Waals surface area contributed by atoms with Gasteiger partial charge in [-0.3, -0.25) is 0 Å². The van der Waals surface area contributed by atoms with Crippen molar-refractivity contribution in [2.24, 2.45) is 0 Å². The van der Waals surface area contributed by atoms with Gasteiger partial charge in [-0.25, -0.2) is 9.59 Å². The van der Waals surface area contributed by atoms with Crippen LogP contribution in [-0.2, 0) is 9.47 Å². The minimum Gasteiger partial charge on any atom is -0.459 e. The Labute approximate surface area is 125 Å². The molecular weight excluding hydrogens is 268 g/mol. The van der Waals surface area contributed by atoms with E-state index in [1.54, 1.807) is 58.0 Å². The Morgan fingerprint density at radius 3 is 2.10 bits per heavy atom. The number of ether oxygens (including phenoxy) is 2. The molecule has 0 N–H and O–H groups in total. The predicted molar refractivity (Wildman–Crippen MR) is 82.3 cm³/mol. The smallest absolute Gasteiger partial charge is 0.338 e. The molecule has 0 spiro atoms. The van der Waals surface area contributed by atoms with Gasteiger partial charge in [0.25, 0.3) is 0 Å². The summed E-state index contributed by atoms with van der Waals surface area (Å²) in [6.07, 6.45) is 3.19. The Morgan fingerprint density at radius 2 is 1.57 bits per heavy atom. The van der Waals surface area contributed by atoms with Crippen LogP contribution in [-0.4, -0.2) is 24.1 Å². The van der Waals surface area contributed by atoms with Gasteiger partial charge in [0.15, 0.2) is 0 Å². The van der Waals surface area contributed by atoms with Gasteiger partial charge in [-0.2, -0.15) is 0 Å². The number of benzene rings is 1. The van der Waals surface area contributed by atoms with Gasteiger partial charge in [0.05, 0.1) is 23.3 Å². The quantitative estimate of drug-likeness (QED) is 0.773. The van der Waals surface area contributed by atoms with Gasteiger partial charge in [0.2, 0.25) is 0 Å². The molecule has 1 rings (SSSR count). The van der Waals surface area contributed by atoms with Crippen LogP contribution in [0, 0.1) is 0 Å². The third kappa shape index (κ3) is 5.06. The van der Waals surface area contributed by atoms with E-state index in [1.165, 1.54) is 0 Å². The lowest BCUT2D eigenvalue weighted by Crippen LogP contribution is -2.15. The Bertz CT molecular complexity index is 542. The molecule has 0 aliphatic rings. The Balaban J connectivity index is 3.13. The van der Waals surface area contributed by atoms with Crippen LogP contribution in [0.5, 0.6) is 0 Å². The number of allylic oxidation sites excluding steroid dienone is 1. The van der Waals surface area contributed by atoms with E-state index in [1.807, 2.05) is 6.92 Å². The summed E-state index contributed by atoms with van der Waals surface area (Å²) in [5.74, 6) is -0.804. The summed E-state index contributed by atoms with van der Waals surface area (Å²) in [5, 5.41) is 0. The van der Waals surface area contributed by atoms with Gasteiger partial charge in [0, 0.05) is 0 Å². The Morgan fingerprint density at radius 1 is 1.00 bits per heavy atom. The zero-order valence-corrected chi connectivity index (χ0v) is 13.2. The van der Waals surface area contributed by atoms with Crippen molar-refractivity contribution < 1.29 is 19.1 Å². The topological polar surface area (TPSA) is 52.6 Å². The van der Waals surface area contributed by atoms with Gasteiger partial charge in [0.1, 0.15) is 0 Å². The molecule has 0 bridgehead atoms. The first-order valence-corrected chi connectivity index (χ1v) is 7.03. The van der Waals surface area contributed by atoms with Gasteiger partial charge in [-0.1, -0.05) is 12.2 Å². The minimum absolute atomic E-state index is 0.187. The fraction of sp³-hybridized carbons (Fsp3) is 0.412. The Kier molecular flexibility index (Phi) is 6.15. The van der Waals surface area contributed by atoms with Gasteiger partial charge >= 0.3 is 11.9 Å². The van der Waals surface area contributed by atoms with Crippen molar-refractivity contribution in [3.05, 3.63) is 41.0 Å². The van der Waals surface area contributed by atoms with Crippen LogP contribution in [0.1, 0.15) is 60.9 Å². The molecule has 1 aromatic carbocycles. The summed E-state index contributed by atoms with van der Waals surface area (Å²) >= 11 is 0. The molecule has 114 valence electrons. The highest BCUT2D eigenvalue weighted by atomic mass is 16.5. The summed E-state index contributed by atoms with van der Waals surface area (Å²) in [4.78, 5) is 23.9. The van der Waals surface area contributed by atoms with Crippen LogP contribution in [0.4, 0.5) is 0 Å². The molecule has 0 saturated heterocycles. The lowest BCUT2D eigenvalue weighted by molar-refractivity contribution is 0.0361. The summed E-state index contributed by atoms with van der Waals surface area (Å²) < 4.78 is 10.4. The zero-order chi connectivity index (χ0) is 16.0. The molecule has 0 radical (unpaired) electrons. The lowest BCUT2D eigenvalue weighted by Gasteiger charge is -2.12. The van der Waals surface area contributed by atoms with Crippen molar-refractivity contribution in [1.29, 1.82) is 0 Å². The fourth-order valence-electron chi connectivity index (χ4n) is 1.75. The first kappa shape index (κ1) is 17.0. The molecule has 0 fully saturated rings. The van der Waals surface area contributed by atoms with Crippen molar-refractivity contribution in [3.8, 4) is 0 Å². The van der Waals surface area contributed by atoms with Gasteiger partial charge < -0.3 is 9.47 Å². The second-order valence-corrected chi connectivity index (χ2v) is 5.21. The number of carbonyl (C=O) groups is 2. The van der Waals surface area contributed by atoms with E-state index >= 15 is 0 Å². The van der Waals surface area contributed by atoms with Crippen molar-refractivity contribution >= 4 is 18.0 Å². The molecule has 4 nitrogen and oxygen atoms in total. The monoisotopic (exact) mass is 290 g/mol. The van der Waals surface area contributed by atoms with E-state index in [0.29, 0.717) is 16.7 Å². The molecule has 0 aromatic heterocycles. The third-order valence-corrected chi connectivity index (χ3v) is 2.54. The molecule has 0 amide bonds. The summed E-state index contributed by atoms with van der Waals surface area (Å²) in [6, 6.07) is 4.81. The predicted octanol–water partition coefficient (Wildman–Crippen LogP) is 3.85. The summed E-state index contributed by atoms with van der Waals surface area (Å²) in [5.41, 5.74) is 1.49. The molecular formula is C17H22O4. The van der Waals surface area contributed by atoms with Crippen LogP contribution in [0.15, 0.2) is 24.3 Å². The molecule has 0 atom stereocenters. The van der Waals surface area contributed by atoms with Crippen molar-refractivity contribution in [3.63, 3.8) is 0 Å². The molecule has 1 aromatic rings. The van der Waals surface area contributed by atoms with Crippen LogP contribution in [0.3, 0.4) is 0 Å². The van der Waals surface area contributed by atoms with E-state index in [4.69, 9.17) is 9.47 Å². The molecule has 0 heterocycles. The molecule has 0 aliphatic carbocycles. The SMILES string of the molecule is C/C=C/c1cc(C(=O)OC(C)C)ccc1C(=O)OC(C)C. The normalized spacial score (nSPS) is 11.2. The van der Waals surface area contributed by atoms with E-state index in [2.05, 4.69) is 0 Å². The third-order valence-electron chi connectivity index (χ3n) is 2.54. The summed E-state index contributed by atoms with van der Waals surface area (Å²) in [7, 11) is 0. The van der Waals surface area contributed by atoms with E-state index in [9.17, 15) is 9.59 Å². The number of rotatable bonds is 5. The fourth-order valence-corrected chi connectivity index (χ4v) is 1.75. The first-order chi connectivity index (χ1) is 9.85. The average Bonchev–Trinajstić information content (AvgIpc) is 2.37. The Hall–Kier alpha value is -2.10. The average molecular weight is 290 g/mol. The first-order valence-electron chi connectivity index (χ1n) is 7.03. The van der Waals surface area contributed by atoms with Crippen LogP contribution < -0.4 is 0 Å². The van der Waals surface area contributed by atoms with Crippen molar-refractivity contribution in [2.75, 3.05) is 0 Å². The zero-order valence-electron chi connectivity index (χ0n) is 13.2. The van der Waals surface area contributed by atoms with Crippen LogP contribution in [0.25, 0.3) is 6.08 Å². The number of esters is 2. The highest BCUT2D eigenvalue weighted by Crippen LogP contribution is 2.17. The molecule has 0 unspecified atom stereocenters. The number of hydrogen-bond acceptors (Lipinski definition) is 4. The summed E-state index contributed by atoms with van der Waals surface area (Å²) in [6.45, 7) is 9.01. The minimum atomic E-state index is -0.403. The van der Waals surface area contributed by atoms with Gasteiger partial charge in [-0.05, 0) is 58.4 Å². The highest BCUT2D eigenvalue weighted by molar-refractivity contribution is 5.97. The standard InChI is InChI=1S/C17H22O4/c1-6-7-13-10-14(16(18)20-11(2)3)8-9-15(13)17(19)21-12(4)5/h6-12H,1-5H3/b7-6+. The van der Waals surface area contributed by atoms with Crippen molar-refractivity contribution in [2.45, 2.75) is 46.8 Å². The van der Waals surface area contributed by atoms with Gasteiger partial charge in [-0.15, -0.1) is 0 Å². The largest absolute Gasteiger partial charge is 0.459 e. The van der Waals surface area contributed by atoms with E-state index in [0.717, 1.165) is 0 Å². The number of carbonyl (C=O) groups excluding carboxylic acids is 2. The van der Waals surface area contributed by atoms with Crippen LogP contribution >= 0.6 is 0 Å². The molecule has 0 aliphatic heterocycles.